The normalized spacial score (nSPS) is 12.0. The molecule has 0 unspecified atom stereocenters. The number of halogens is 2. The van der Waals surface area contributed by atoms with Crippen molar-refractivity contribution < 1.29 is 0 Å². The van der Waals surface area contributed by atoms with Gasteiger partial charge in [-0.1, -0.05) is 22.6 Å². The first-order valence-corrected chi connectivity index (χ1v) is 4.07. The SMILES string of the molecule is CC(C)(I)c1nnnn1Cl. The van der Waals surface area contributed by atoms with E-state index in [1.807, 2.05) is 13.8 Å². The van der Waals surface area contributed by atoms with Crippen LogP contribution in [-0.2, 0) is 3.42 Å². The molecule has 0 N–H and O–H groups in total. The predicted octanol–water partition coefficient (Wildman–Crippen LogP) is 1.35. The molecule has 0 aromatic carbocycles. The van der Waals surface area contributed by atoms with Gasteiger partial charge in [-0.3, -0.25) is 0 Å². The smallest absolute Gasteiger partial charge is 0.134 e. The lowest BCUT2D eigenvalue weighted by Crippen LogP contribution is -2.12. The highest BCUT2D eigenvalue weighted by Crippen LogP contribution is 2.28. The summed E-state index contributed by atoms with van der Waals surface area (Å²) < 4.78 is 1.04. The predicted molar refractivity (Wildman–Crippen MR) is 46.1 cm³/mol. The Morgan fingerprint density at radius 2 is 2.20 bits per heavy atom. The first kappa shape index (κ1) is 8.19. The molecule has 0 aliphatic heterocycles. The summed E-state index contributed by atoms with van der Waals surface area (Å²) in [5.74, 6) is 0.662. The zero-order valence-corrected chi connectivity index (χ0v) is 8.46. The second-order valence-electron chi connectivity index (χ2n) is 2.34. The Labute approximate surface area is 77.2 Å². The molecular weight excluding hydrogens is 266 g/mol. The van der Waals surface area contributed by atoms with Crippen molar-refractivity contribution in [2.24, 2.45) is 0 Å². The molecule has 0 bridgehead atoms. The summed E-state index contributed by atoms with van der Waals surface area (Å²) in [5, 5.41) is 10.7. The second-order valence-corrected chi connectivity index (χ2v) is 5.35. The Hall–Kier alpha value is 0.0900. The second kappa shape index (κ2) is 2.61. The summed E-state index contributed by atoms with van der Waals surface area (Å²) in [7, 11) is 0. The van der Waals surface area contributed by atoms with Crippen LogP contribution in [0.4, 0.5) is 0 Å². The van der Waals surface area contributed by atoms with Crippen LogP contribution in [-0.4, -0.2) is 19.7 Å². The lowest BCUT2D eigenvalue weighted by Gasteiger charge is -2.10. The summed E-state index contributed by atoms with van der Waals surface area (Å²) in [4.78, 5) is 0. The molecule has 0 saturated heterocycles. The van der Waals surface area contributed by atoms with Gasteiger partial charge in [-0.2, -0.15) is 0 Å². The van der Waals surface area contributed by atoms with E-state index in [2.05, 4.69) is 38.1 Å². The molecule has 0 saturated carbocycles. The average molecular weight is 272 g/mol. The number of hydrogen-bond acceptors (Lipinski definition) is 3. The number of alkyl halides is 1. The Morgan fingerprint density at radius 3 is 2.40 bits per heavy atom. The van der Waals surface area contributed by atoms with Gasteiger partial charge in [0.1, 0.15) is 0 Å². The van der Waals surface area contributed by atoms with E-state index in [0.717, 1.165) is 4.20 Å². The molecule has 4 nitrogen and oxygen atoms in total. The molecule has 10 heavy (non-hydrogen) atoms. The molecule has 1 heterocycles. The van der Waals surface area contributed by atoms with Gasteiger partial charge in [0.05, 0.1) is 3.42 Å². The topological polar surface area (TPSA) is 43.6 Å². The van der Waals surface area contributed by atoms with Crippen LogP contribution in [0.25, 0.3) is 0 Å². The Kier molecular flexibility index (Phi) is 2.14. The van der Waals surface area contributed by atoms with Crippen LogP contribution in [0.2, 0.25) is 0 Å². The maximum Gasteiger partial charge on any atom is 0.184 e. The average Bonchev–Trinajstić information content (AvgIpc) is 2.11. The van der Waals surface area contributed by atoms with Gasteiger partial charge in [-0.15, -0.1) is 9.30 Å². The maximum absolute atomic E-state index is 5.60. The van der Waals surface area contributed by atoms with Gasteiger partial charge in [0.15, 0.2) is 5.82 Å². The zero-order chi connectivity index (χ0) is 7.78. The molecule has 1 aromatic heterocycles. The van der Waals surface area contributed by atoms with Crippen LogP contribution in [0, 0.1) is 0 Å². The Morgan fingerprint density at radius 1 is 1.60 bits per heavy atom. The third-order valence-corrected chi connectivity index (χ3v) is 1.67. The molecule has 0 atom stereocenters. The molecular formula is C4H6ClIN4. The minimum absolute atomic E-state index is 0.122. The molecule has 6 heteroatoms. The molecule has 0 amide bonds. The summed E-state index contributed by atoms with van der Waals surface area (Å²) in [6, 6.07) is 0. The highest BCUT2D eigenvalue weighted by Gasteiger charge is 2.23. The van der Waals surface area contributed by atoms with Gasteiger partial charge in [-0.05, 0) is 24.3 Å². The van der Waals surface area contributed by atoms with Gasteiger partial charge >= 0.3 is 0 Å². The minimum Gasteiger partial charge on any atom is -0.134 e. The van der Waals surface area contributed by atoms with E-state index >= 15 is 0 Å². The lowest BCUT2D eigenvalue weighted by atomic mass is 10.2. The van der Waals surface area contributed by atoms with Crippen molar-refractivity contribution >= 4 is 34.4 Å². The van der Waals surface area contributed by atoms with Crippen molar-refractivity contribution in [3.63, 3.8) is 0 Å². The van der Waals surface area contributed by atoms with Crippen LogP contribution in [0.1, 0.15) is 19.7 Å². The van der Waals surface area contributed by atoms with Crippen molar-refractivity contribution in [2.75, 3.05) is 0 Å². The quantitative estimate of drug-likeness (QED) is 0.572. The van der Waals surface area contributed by atoms with E-state index in [1.165, 1.54) is 0 Å². The van der Waals surface area contributed by atoms with Crippen molar-refractivity contribution in [3.05, 3.63) is 5.82 Å². The fourth-order valence-corrected chi connectivity index (χ4v) is 1.27. The third kappa shape index (κ3) is 1.57. The van der Waals surface area contributed by atoms with Gasteiger partial charge in [0.25, 0.3) is 0 Å². The van der Waals surface area contributed by atoms with Gasteiger partial charge in [-0.25, -0.2) is 0 Å². The minimum atomic E-state index is -0.122. The van der Waals surface area contributed by atoms with Crippen LogP contribution < -0.4 is 0 Å². The molecule has 56 valence electrons. The number of nitrogens with zero attached hydrogens (tertiary/aromatic N) is 4. The highest BCUT2D eigenvalue weighted by molar-refractivity contribution is 14.1. The van der Waals surface area contributed by atoms with Gasteiger partial charge in [0.2, 0.25) is 0 Å². The van der Waals surface area contributed by atoms with Crippen molar-refractivity contribution in [1.29, 1.82) is 0 Å². The standard InChI is InChI=1S/C4H6ClIN4/c1-4(2,6)3-7-8-9-10(3)5/h1-2H3. The van der Waals surface area contributed by atoms with E-state index in [9.17, 15) is 0 Å². The summed E-state index contributed by atoms with van der Waals surface area (Å²) in [6.45, 7) is 3.97. The van der Waals surface area contributed by atoms with Crippen LogP contribution in [0.15, 0.2) is 0 Å². The Balaban J connectivity index is 3.05. The van der Waals surface area contributed by atoms with Gasteiger partial charge in [0, 0.05) is 11.8 Å². The number of tetrazole rings is 1. The van der Waals surface area contributed by atoms with Crippen LogP contribution in [0.5, 0.6) is 0 Å². The van der Waals surface area contributed by atoms with E-state index in [4.69, 9.17) is 11.8 Å². The number of rotatable bonds is 1. The van der Waals surface area contributed by atoms with Crippen molar-refractivity contribution in [1.82, 2.24) is 19.7 Å². The van der Waals surface area contributed by atoms with E-state index in [1.54, 1.807) is 0 Å². The first-order chi connectivity index (χ1) is 4.52. The van der Waals surface area contributed by atoms with E-state index in [0.29, 0.717) is 5.82 Å². The molecule has 0 aliphatic rings. The van der Waals surface area contributed by atoms with Gasteiger partial charge < -0.3 is 0 Å². The first-order valence-electron chi connectivity index (χ1n) is 2.66. The molecule has 0 radical (unpaired) electrons. The largest absolute Gasteiger partial charge is 0.184 e. The van der Waals surface area contributed by atoms with Crippen molar-refractivity contribution in [2.45, 2.75) is 17.3 Å². The molecule has 0 aliphatic carbocycles. The van der Waals surface area contributed by atoms with E-state index < -0.39 is 0 Å². The zero-order valence-electron chi connectivity index (χ0n) is 5.54. The Bertz CT molecular complexity index is 227. The van der Waals surface area contributed by atoms with Crippen LogP contribution >= 0.6 is 34.4 Å². The third-order valence-electron chi connectivity index (χ3n) is 0.964. The highest BCUT2D eigenvalue weighted by atomic mass is 127. The summed E-state index contributed by atoms with van der Waals surface area (Å²) >= 11 is 7.82. The monoisotopic (exact) mass is 272 g/mol. The fourth-order valence-electron chi connectivity index (χ4n) is 0.515. The molecule has 1 aromatic rings. The molecule has 0 spiro atoms. The summed E-state index contributed by atoms with van der Waals surface area (Å²) in [5.41, 5.74) is 0. The van der Waals surface area contributed by atoms with Crippen molar-refractivity contribution in [3.8, 4) is 0 Å². The lowest BCUT2D eigenvalue weighted by molar-refractivity contribution is 0.725. The van der Waals surface area contributed by atoms with Crippen LogP contribution in [0.3, 0.4) is 0 Å². The summed E-state index contributed by atoms with van der Waals surface area (Å²) in [6.07, 6.45) is 0. The fraction of sp³-hybridized carbons (Fsp3) is 0.750. The number of aromatic nitrogens is 4. The molecule has 1 rings (SSSR count). The molecule has 0 fully saturated rings. The van der Waals surface area contributed by atoms with E-state index in [-0.39, 0.29) is 3.42 Å². The maximum atomic E-state index is 5.60. The number of hydrogen-bond donors (Lipinski definition) is 0.